The number of halogens is 2. The van der Waals surface area contributed by atoms with Crippen molar-refractivity contribution in [1.29, 1.82) is 0 Å². The van der Waals surface area contributed by atoms with Gasteiger partial charge in [-0.2, -0.15) is 0 Å². The molecule has 0 unspecified atom stereocenters. The van der Waals surface area contributed by atoms with Gasteiger partial charge in [-0.15, -0.1) is 12.4 Å². The average molecular weight is 488 g/mol. The number of fused-ring (bicyclic) bond motifs is 1. The summed E-state index contributed by atoms with van der Waals surface area (Å²) >= 11 is 5.93. The highest BCUT2D eigenvalue weighted by atomic mass is 35.5. The number of methoxy groups -OCH3 is 1. The number of ether oxygens (including phenoxy) is 1. The number of carboxylic acid groups (broad SMARTS) is 1. The molecule has 7 heteroatoms. The third kappa shape index (κ3) is 5.87. The van der Waals surface area contributed by atoms with Gasteiger partial charge >= 0.3 is 5.97 Å². The van der Waals surface area contributed by atoms with Crippen molar-refractivity contribution in [3.05, 3.63) is 87.9 Å². The van der Waals surface area contributed by atoms with E-state index in [-0.39, 0.29) is 24.0 Å². The van der Waals surface area contributed by atoms with Crippen LogP contribution in [0.4, 0.5) is 0 Å². The number of aryl methyl sites for hydroxylation is 1. The minimum absolute atomic E-state index is 0. The minimum Gasteiger partial charge on any atom is -0.496 e. The van der Waals surface area contributed by atoms with E-state index >= 15 is 0 Å². The van der Waals surface area contributed by atoms with E-state index in [0.717, 1.165) is 36.0 Å². The van der Waals surface area contributed by atoms with E-state index < -0.39 is 12.1 Å². The molecule has 3 aromatic rings. The molecule has 174 valence electrons. The number of aliphatic hydroxyl groups excluding tert-OH is 1. The molecule has 0 fully saturated rings. The molecule has 3 aromatic carbocycles. The highest BCUT2D eigenvalue weighted by Gasteiger charge is 2.20. The first kappa shape index (κ1) is 25.1. The first-order chi connectivity index (χ1) is 15.4. The Balaban J connectivity index is 0.00000306. The summed E-state index contributed by atoms with van der Waals surface area (Å²) in [5.41, 5.74) is 5.39. The Morgan fingerprint density at radius 2 is 1.79 bits per heavy atom. The summed E-state index contributed by atoms with van der Waals surface area (Å²) < 4.78 is 5.17. The molecule has 1 aliphatic rings. The summed E-state index contributed by atoms with van der Waals surface area (Å²) in [5, 5.41) is 24.1. The fourth-order valence-corrected chi connectivity index (χ4v) is 4.37. The van der Waals surface area contributed by atoms with Gasteiger partial charge in [0.15, 0.2) is 0 Å². The molecule has 33 heavy (non-hydrogen) atoms. The molecular weight excluding hydrogens is 461 g/mol. The molecule has 5 nitrogen and oxygen atoms in total. The Bertz CT molecular complexity index is 1120. The Morgan fingerprint density at radius 3 is 2.48 bits per heavy atom. The number of carbonyl (C=O) groups is 1. The number of rotatable bonds is 7. The van der Waals surface area contributed by atoms with Gasteiger partial charge in [0.2, 0.25) is 0 Å². The molecule has 1 aliphatic carbocycles. The lowest BCUT2D eigenvalue weighted by Crippen LogP contribution is -2.37. The van der Waals surface area contributed by atoms with Gasteiger partial charge in [-0.25, -0.2) is 4.79 Å². The number of aromatic carboxylic acids is 1. The summed E-state index contributed by atoms with van der Waals surface area (Å²) in [4.78, 5) is 11.6. The van der Waals surface area contributed by atoms with Gasteiger partial charge in [0, 0.05) is 17.6 Å². The van der Waals surface area contributed by atoms with Crippen molar-refractivity contribution in [3.8, 4) is 16.9 Å². The second-order valence-corrected chi connectivity index (χ2v) is 8.56. The fraction of sp³-hybridized carbons (Fsp3) is 0.269. The van der Waals surface area contributed by atoms with Crippen molar-refractivity contribution in [2.24, 2.45) is 0 Å². The van der Waals surface area contributed by atoms with E-state index in [0.29, 0.717) is 17.3 Å². The lowest BCUT2D eigenvalue weighted by Gasteiger charge is -2.27. The van der Waals surface area contributed by atoms with Crippen LogP contribution in [0.15, 0.2) is 60.7 Å². The van der Waals surface area contributed by atoms with E-state index in [4.69, 9.17) is 16.3 Å². The Hall–Kier alpha value is -2.57. The zero-order valence-corrected chi connectivity index (χ0v) is 19.8. The quantitative estimate of drug-likeness (QED) is 0.420. The maximum absolute atomic E-state index is 11.6. The minimum atomic E-state index is -1.01. The van der Waals surface area contributed by atoms with E-state index in [2.05, 4.69) is 17.4 Å². The van der Waals surface area contributed by atoms with Crippen molar-refractivity contribution in [2.45, 2.75) is 31.4 Å². The van der Waals surface area contributed by atoms with Crippen molar-refractivity contribution >= 4 is 30.0 Å². The lowest BCUT2D eigenvalue weighted by atomic mass is 9.86. The summed E-state index contributed by atoms with van der Waals surface area (Å²) in [7, 11) is 1.47. The Labute approximate surface area is 204 Å². The highest BCUT2D eigenvalue weighted by molar-refractivity contribution is 6.30. The third-order valence-corrected chi connectivity index (χ3v) is 6.30. The molecule has 4 rings (SSSR count). The number of carboxylic acids is 1. The number of hydrogen-bond donors (Lipinski definition) is 3. The fourth-order valence-electron chi connectivity index (χ4n) is 4.25. The number of nitrogens with one attached hydrogen (secondary N) is 1. The van der Waals surface area contributed by atoms with Gasteiger partial charge in [-0.1, -0.05) is 48.0 Å². The molecule has 3 N–H and O–H groups in total. The van der Waals surface area contributed by atoms with Crippen LogP contribution in [0.3, 0.4) is 0 Å². The molecule has 0 amide bonds. The normalized spacial score (nSPS) is 15.8. The molecule has 0 saturated heterocycles. The maximum atomic E-state index is 11.6. The largest absolute Gasteiger partial charge is 0.496 e. The van der Waals surface area contributed by atoms with Crippen LogP contribution >= 0.6 is 24.0 Å². The predicted octanol–water partition coefficient (Wildman–Crippen LogP) is 5.32. The van der Waals surface area contributed by atoms with E-state index in [1.807, 2.05) is 24.3 Å². The standard InChI is InChI=1S/C26H26ClNO4.ClH/c1-32-25-11-7-19(14-23(25)26(30)31)18-3-2-16-6-10-22(13-20(16)12-18)28-15-24(29)17-4-8-21(27)9-5-17;/h2-5,7-9,11-12,14,22,24,28-29H,6,10,13,15H2,1H3,(H,30,31);1H/t22-,24+;/m0./s1. The van der Waals surface area contributed by atoms with Crippen LogP contribution in [0, 0.1) is 0 Å². The SMILES string of the molecule is COc1ccc(-c2ccc3c(c2)C[C@@H](NC[C@@H](O)c2ccc(Cl)cc2)CC3)cc1C(=O)O.Cl. The van der Waals surface area contributed by atoms with Gasteiger partial charge in [0.05, 0.1) is 13.2 Å². The molecule has 0 saturated carbocycles. The zero-order valence-electron chi connectivity index (χ0n) is 18.3. The van der Waals surface area contributed by atoms with Crippen molar-refractivity contribution in [1.82, 2.24) is 5.32 Å². The van der Waals surface area contributed by atoms with Gasteiger partial charge in [-0.3, -0.25) is 0 Å². The number of aliphatic hydroxyl groups is 1. The molecular formula is C26H27Cl2NO4. The van der Waals surface area contributed by atoms with Gasteiger partial charge in [-0.05, 0) is 71.3 Å². The van der Waals surface area contributed by atoms with Crippen LogP contribution in [0.1, 0.15) is 39.6 Å². The second kappa shape index (κ2) is 11.0. The molecule has 0 bridgehead atoms. The second-order valence-electron chi connectivity index (χ2n) is 8.12. The molecule has 0 aromatic heterocycles. The summed E-state index contributed by atoms with van der Waals surface area (Å²) in [5.74, 6) is -0.659. The Kier molecular flexibility index (Phi) is 8.38. The first-order valence-corrected chi connectivity index (χ1v) is 11.0. The van der Waals surface area contributed by atoms with Gasteiger partial charge in [0.1, 0.15) is 11.3 Å². The van der Waals surface area contributed by atoms with Crippen molar-refractivity contribution in [2.75, 3.05) is 13.7 Å². The topological polar surface area (TPSA) is 78.8 Å². The number of hydrogen-bond acceptors (Lipinski definition) is 4. The smallest absolute Gasteiger partial charge is 0.339 e. The van der Waals surface area contributed by atoms with E-state index in [1.165, 1.54) is 18.2 Å². The monoisotopic (exact) mass is 487 g/mol. The summed E-state index contributed by atoms with van der Waals surface area (Å²) in [6.07, 6.45) is 2.24. The Morgan fingerprint density at radius 1 is 1.09 bits per heavy atom. The third-order valence-electron chi connectivity index (χ3n) is 6.05. The van der Waals surface area contributed by atoms with Crippen LogP contribution in [-0.4, -0.2) is 35.9 Å². The van der Waals surface area contributed by atoms with Crippen LogP contribution in [0.2, 0.25) is 5.02 Å². The molecule has 2 atom stereocenters. The molecule has 0 aliphatic heterocycles. The first-order valence-electron chi connectivity index (χ1n) is 10.6. The van der Waals surface area contributed by atoms with Crippen LogP contribution in [0.5, 0.6) is 5.75 Å². The highest BCUT2D eigenvalue weighted by Crippen LogP contribution is 2.31. The van der Waals surface area contributed by atoms with Crippen LogP contribution in [-0.2, 0) is 12.8 Å². The van der Waals surface area contributed by atoms with Crippen LogP contribution < -0.4 is 10.1 Å². The average Bonchev–Trinajstić information content (AvgIpc) is 2.82. The van der Waals surface area contributed by atoms with Gasteiger partial charge in [0.25, 0.3) is 0 Å². The predicted molar refractivity (Wildman–Crippen MR) is 133 cm³/mol. The van der Waals surface area contributed by atoms with Crippen molar-refractivity contribution in [3.63, 3.8) is 0 Å². The van der Waals surface area contributed by atoms with Gasteiger partial charge < -0.3 is 20.3 Å². The summed E-state index contributed by atoms with van der Waals surface area (Å²) in [6, 6.07) is 19.1. The summed E-state index contributed by atoms with van der Waals surface area (Å²) in [6.45, 7) is 0.474. The number of benzene rings is 3. The van der Waals surface area contributed by atoms with E-state index in [9.17, 15) is 15.0 Å². The van der Waals surface area contributed by atoms with Crippen molar-refractivity contribution < 1.29 is 19.7 Å². The van der Waals surface area contributed by atoms with E-state index in [1.54, 1.807) is 24.3 Å². The maximum Gasteiger partial charge on any atom is 0.339 e. The zero-order chi connectivity index (χ0) is 22.7. The van der Waals surface area contributed by atoms with Crippen LogP contribution in [0.25, 0.3) is 11.1 Å². The lowest BCUT2D eigenvalue weighted by molar-refractivity contribution is 0.0693. The molecule has 0 radical (unpaired) electrons. The molecule has 0 heterocycles. The molecule has 0 spiro atoms.